The molecule has 0 aliphatic rings. The van der Waals surface area contributed by atoms with Crippen LogP contribution in [0.15, 0.2) is 0 Å². The molecule has 0 fully saturated rings. The number of phosphoric acid groups is 2. The molecule has 0 saturated heterocycles. The predicted molar refractivity (Wildman–Crippen MR) is 428 cm³/mol. The smallest absolute Gasteiger partial charge is 0.462 e. The molecule has 0 aliphatic heterocycles. The molecule has 0 spiro atoms. The summed E-state index contributed by atoms with van der Waals surface area (Å²) in [5, 5.41) is 10.7. The molecular weight excluding hydrogens is 1350 g/mol. The number of aliphatic hydroxyl groups is 1. The SMILES string of the molecule is CCCCCCCCCCCCCCCCCCCCCCC(=O)OC[C@H](COP(=O)(O)OC[C@@H](O)COP(=O)(O)OC[C@@H](COC(=O)CCCCCCCCCC)OC(=O)CCCCCCCCCCCCCCCCCC)OC(=O)CCCCCCCCCCCCCCCCCCCCCC. The standard InChI is InChI=1S/C85H166O17P2/c1-5-9-13-17-21-25-28-31-34-37-39-41-43-46-48-51-54-58-62-66-70-83(88)96-76-81(102-85(90)72-68-64-60-56-53-50-47-44-42-40-38-35-32-29-26-22-18-14-10-6-2)78-100-104(93,94)98-74-79(86)73-97-103(91,92)99-77-80(75-95-82(87)69-65-61-57-24-20-16-12-8-4)101-84(89)71-67-63-59-55-52-49-45-36-33-30-27-23-19-15-11-7-3/h79-81,86H,5-78H2,1-4H3,(H,91,92)(H,93,94)/t79-,80+,81+/m0/s1. The van der Waals surface area contributed by atoms with E-state index in [1.165, 1.54) is 295 Å². The van der Waals surface area contributed by atoms with Crippen molar-refractivity contribution in [1.82, 2.24) is 0 Å². The van der Waals surface area contributed by atoms with Gasteiger partial charge in [-0.15, -0.1) is 0 Å². The first-order valence-electron chi connectivity index (χ1n) is 44.3. The van der Waals surface area contributed by atoms with Crippen LogP contribution in [0.2, 0.25) is 0 Å². The molecular formula is C85H166O17P2. The lowest BCUT2D eigenvalue weighted by Crippen LogP contribution is -2.30. The van der Waals surface area contributed by atoms with Gasteiger partial charge in [-0.25, -0.2) is 9.13 Å². The summed E-state index contributed by atoms with van der Waals surface area (Å²) in [4.78, 5) is 73.1. The maximum Gasteiger partial charge on any atom is 0.472 e. The fourth-order valence-electron chi connectivity index (χ4n) is 13.3. The van der Waals surface area contributed by atoms with Gasteiger partial charge in [-0.05, 0) is 25.7 Å². The lowest BCUT2D eigenvalue weighted by Gasteiger charge is -2.21. The van der Waals surface area contributed by atoms with Gasteiger partial charge in [0.1, 0.15) is 19.3 Å². The molecule has 0 aromatic rings. The molecule has 0 bridgehead atoms. The van der Waals surface area contributed by atoms with Crippen LogP contribution in [-0.2, 0) is 65.4 Å². The minimum Gasteiger partial charge on any atom is -0.462 e. The number of esters is 4. The summed E-state index contributed by atoms with van der Waals surface area (Å²) in [6, 6.07) is 0. The van der Waals surface area contributed by atoms with Crippen LogP contribution < -0.4 is 0 Å². The minimum absolute atomic E-state index is 0.109. The highest BCUT2D eigenvalue weighted by atomic mass is 31.2. The summed E-state index contributed by atoms with van der Waals surface area (Å²) in [6.07, 6.45) is 73.8. The lowest BCUT2D eigenvalue weighted by atomic mass is 10.0. The van der Waals surface area contributed by atoms with Gasteiger partial charge in [-0.3, -0.25) is 37.3 Å². The third-order valence-corrected chi connectivity index (χ3v) is 22.0. The number of hydrogen-bond donors (Lipinski definition) is 3. The second kappa shape index (κ2) is 79.2. The molecule has 104 heavy (non-hydrogen) atoms. The Labute approximate surface area is 638 Å². The Balaban J connectivity index is 5.18. The van der Waals surface area contributed by atoms with Crippen molar-refractivity contribution in [3.8, 4) is 0 Å². The quantitative estimate of drug-likeness (QED) is 0.0222. The first kappa shape index (κ1) is 102. The van der Waals surface area contributed by atoms with Gasteiger partial charge in [0.2, 0.25) is 0 Å². The van der Waals surface area contributed by atoms with Crippen LogP contribution in [0.5, 0.6) is 0 Å². The highest BCUT2D eigenvalue weighted by Crippen LogP contribution is 2.45. The summed E-state index contributed by atoms with van der Waals surface area (Å²) >= 11 is 0. The molecule has 19 heteroatoms. The van der Waals surface area contributed by atoms with Crippen LogP contribution in [0.4, 0.5) is 0 Å². The van der Waals surface area contributed by atoms with Crippen LogP contribution >= 0.6 is 15.6 Å². The van der Waals surface area contributed by atoms with Crippen LogP contribution in [0.25, 0.3) is 0 Å². The first-order valence-corrected chi connectivity index (χ1v) is 47.3. The molecule has 618 valence electrons. The molecule has 0 rings (SSSR count). The van der Waals surface area contributed by atoms with E-state index in [0.717, 1.165) is 89.9 Å². The highest BCUT2D eigenvalue weighted by Gasteiger charge is 2.30. The topological polar surface area (TPSA) is 237 Å². The van der Waals surface area contributed by atoms with Gasteiger partial charge in [0.25, 0.3) is 0 Å². The number of ether oxygens (including phenoxy) is 4. The predicted octanol–water partition coefficient (Wildman–Crippen LogP) is 26.1. The van der Waals surface area contributed by atoms with Crippen LogP contribution in [-0.4, -0.2) is 96.7 Å². The third-order valence-electron chi connectivity index (χ3n) is 20.1. The van der Waals surface area contributed by atoms with Gasteiger partial charge in [-0.1, -0.05) is 413 Å². The molecule has 5 atom stereocenters. The van der Waals surface area contributed by atoms with Crippen molar-refractivity contribution in [2.75, 3.05) is 39.6 Å². The van der Waals surface area contributed by atoms with E-state index in [4.69, 9.17) is 37.0 Å². The number of unbranched alkanes of at least 4 members (excludes halogenated alkanes) is 60. The number of rotatable bonds is 86. The average Bonchev–Trinajstić information content (AvgIpc) is 0.905. The zero-order chi connectivity index (χ0) is 76.0. The summed E-state index contributed by atoms with van der Waals surface area (Å²) in [5.41, 5.74) is 0. The Morgan fingerprint density at radius 3 is 0.567 bits per heavy atom. The number of hydrogen-bond acceptors (Lipinski definition) is 15. The van der Waals surface area contributed by atoms with Gasteiger partial charge < -0.3 is 33.8 Å². The van der Waals surface area contributed by atoms with Crippen molar-refractivity contribution < 1.29 is 80.2 Å². The summed E-state index contributed by atoms with van der Waals surface area (Å²) in [6.45, 7) is 5.02. The molecule has 0 heterocycles. The zero-order valence-corrected chi connectivity index (χ0v) is 69.8. The number of aliphatic hydroxyl groups excluding tert-OH is 1. The van der Waals surface area contributed by atoms with Gasteiger partial charge >= 0.3 is 39.5 Å². The molecule has 0 aliphatic carbocycles. The minimum atomic E-state index is -4.96. The molecule has 0 aromatic heterocycles. The van der Waals surface area contributed by atoms with E-state index in [0.29, 0.717) is 25.7 Å². The van der Waals surface area contributed by atoms with Crippen LogP contribution in [0.3, 0.4) is 0 Å². The molecule has 0 radical (unpaired) electrons. The maximum atomic E-state index is 13.1. The molecule has 0 amide bonds. The van der Waals surface area contributed by atoms with E-state index in [2.05, 4.69) is 27.7 Å². The van der Waals surface area contributed by atoms with Gasteiger partial charge in [0, 0.05) is 25.7 Å². The Bertz CT molecular complexity index is 1960. The first-order chi connectivity index (χ1) is 50.7. The Morgan fingerprint density at radius 1 is 0.231 bits per heavy atom. The van der Waals surface area contributed by atoms with Crippen molar-refractivity contribution in [3.63, 3.8) is 0 Å². The van der Waals surface area contributed by atoms with Crippen molar-refractivity contribution >= 4 is 39.5 Å². The van der Waals surface area contributed by atoms with Gasteiger partial charge in [0.05, 0.1) is 26.4 Å². The Hall–Kier alpha value is -1.94. The molecule has 17 nitrogen and oxygen atoms in total. The number of carbonyl (C=O) groups is 4. The van der Waals surface area contributed by atoms with E-state index in [-0.39, 0.29) is 25.7 Å². The van der Waals surface area contributed by atoms with Gasteiger partial charge in [0.15, 0.2) is 12.2 Å². The van der Waals surface area contributed by atoms with E-state index in [1.807, 2.05) is 0 Å². The third kappa shape index (κ3) is 78.2. The van der Waals surface area contributed by atoms with E-state index < -0.39 is 97.5 Å². The van der Waals surface area contributed by atoms with Gasteiger partial charge in [-0.2, -0.15) is 0 Å². The number of phosphoric ester groups is 2. The average molecular weight is 1520 g/mol. The molecule has 2 unspecified atom stereocenters. The fourth-order valence-corrected chi connectivity index (χ4v) is 14.9. The summed E-state index contributed by atoms with van der Waals surface area (Å²) in [5.74, 6) is -2.10. The normalized spacial score (nSPS) is 13.7. The lowest BCUT2D eigenvalue weighted by molar-refractivity contribution is -0.161. The van der Waals surface area contributed by atoms with Crippen molar-refractivity contribution in [2.24, 2.45) is 0 Å². The van der Waals surface area contributed by atoms with Crippen LogP contribution in [0.1, 0.15) is 464 Å². The van der Waals surface area contributed by atoms with Crippen molar-refractivity contribution in [2.45, 2.75) is 483 Å². The second-order valence-electron chi connectivity index (χ2n) is 30.6. The largest absolute Gasteiger partial charge is 0.472 e. The number of carbonyl (C=O) groups excluding carboxylic acids is 4. The monoisotopic (exact) mass is 1520 g/mol. The molecule has 0 saturated carbocycles. The molecule has 0 aromatic carbocycles. The molecule has 3 N–H and O–H groups in total. The summed E-state index contributed by atoms with van der Waals surface area (Å²) in [7, 11) is -9.92. The summed E-state index contributed by atoms with van der Waals surface area (Å²) < 4.78 is 68.8. The van der Waals surface area contributed by atoms with Crippen molar-refractivity contribution in [3.05, 3.63) is 0 Å². The van der Waals surface area contributed by atoms with E-state index >= 15 is 0 Å². The second-order valence-corrected chi connectivity index (χ2v) is 33.5. The Morgan fingerprint density at radius 2 is 0.385 bits per heavy atom. The highest BCUT2D eigenvalue weighted by molar-refractivity contribution is 7.47. The van der Waals surface area contributed by atoms with E-state index in [9.17, 15) is 43.2 Å². The van der Waals surface area contributed by atoms with Crippen molar-refractivity contribution in [1.29, 1.82) is 0 Å². The fraction of sp³-hybridized carbons (Fsp3) is 0.953. The Kier molecular flexibility index (Phi) is 77.7. The zero-order valence-electron chi connectivity index (χ0n) is 68.0. The van der Waals surface area contributed by atoms with E-state index in [1.54, 1.807) is 0 Å². The van der Waals surface area contributed by atoms with Crippen LogP contribution in [0, 0.1) is 0 Å². The maximum absolute atomic E-state index is 13.1.